The molecule has 0 radical (unpaired) electrons. The van der Waals surface area contributed by atoms with Crippen molar-refractivity contribution in [1.29, 1.82) is 0 Å². The third kappa shape index (κ3) is 6.40. The first-order valence-electron chi connectivity index (χ1n) is 6.95. The van der Waals surface area contributed by atoms with Crippen molar-refractivity contribution in [3.63, 3.8) is 0 Å². The number of halogens is 1. The highest BCUT2D eigenvalue weighted by Gasteiger charge is 2.08. The maximum absolute atomic E-state index is 11.7. The number of hydrogen-bond donors (Lipinski definition) is 2. The average molecular weight is 310 g/mol. The van der Waals surface area contributed by atoms with Crippen molar-refractivity contribution >= 4 is 34.8 Å². The monoisotopic (exact) mass is 309 g/mol. The Morgan fingerprint density at radius 2 is 1.71 bits per heavy atom. The number of nitrogens with one attached hydrogen (secondary N) is 2. The molecule has 2 amide bonds. The van der Waals surface area contributed by atoms with Gasteiger partial charge in [0.15, 0.2) is 0 Å². The van der Waals surface area contributed by atoms with Crippen molar-refractivity contribution < 1.29 is 9.59 Å². The lowest BCUT2D eigenvalue weighted by atomic mass is 10.2. The first-order chi connectivity index (χ1) is 10.1. The largest absolute Gasteiger partial charge is 0.325 e. The van der Waals surface area contributed by atoms with Crippen molar-refractivity contribution in [1.82, 2.24) is 5.43 Å². The molecule has 0 aliphatic carbocycles. The van der Waals surface area contributed by atoms with Crippen LogP contribution in [0.3, 0.4) is 0 Å². The van der Waals surface area contributed by atoms with Crippen molar-refractivity contribution in [3.8, 4) is 0 Å². The van der Waals surface area contributed by atoms with Gasteiger partial charge in [0.1, 0.15) is 0 Å². The normalized spacial score (nSPS) is 9.86. The summed E-state index contributed by atoms with van der Waals surface area (Å²) in [6, 6.07) is 6.96. The van der Waals surface area contributed by atoms with Gasteiger partial charge in [-0.1, -0.05) is 37.6 Å². The molecule has 2 N–H and O–H groups in total. The molecule has 1 aromatic rings. The fourth-order valence-electron chi connectivity index (χ4n) is 1.61. The maximum atomic E-state index is 11.7. The molecule has 6 heteroatoms. The Balaban J connectivity index is 2.38. The molecule has 114 valence electrons. The van der Waals surface area contributed by atoms with Crippen LogP contribution in [0.1, 0.15) is 39.5 Å². The van der Waals surface area contributed by atoms with Crippen LogP contribution in [0.2, 0.25) is 5.02 Å². The number of hydrogen-bond acceptors (Lipinski definition) is 3. The average Bonchev–Trinajstić information content (AvgIpc) is 2.48. The first-order valence-corrected chi connectivity index (χ1v) is 7.33. The molecule has 1 aromatic carbocycles. The van der Waals surface area contributed by atoms with Gasteiger partial charge in [-0.3, -0.25) is 9.59 Å². The van der Waals surface area contributed by atoms with E-state index >= 15 is 0 Å². The van der Waals surface area contributed by atoms with E-state index in [1.807, 2.05) is 13.8 Å². The van der Waals surface area contributed by atoms with Gasteiger partial charge < -0.3 is 5.32 Å². The molecule has 1 rings (SSSR count). The summed E-state index contributed by atoms with van der Waals surface area (Å²) >= 11 is 5.94. The van der Waals surface area contributed by atoms with E-state index in [4.69, 9.17) is 11.6 Å². The molecule has 21 heavy (non-hydrogen) atoms. The molecule has 0 fully saturated rings. The zero-order chi connectivity index (χ0) is 15.7. The summed E-state index contributed by atoms with van der Waals surface area (Å²) in [5.41, 5.74) is 3.92. The molecule has 0 saturated carbocycles. The van der Waals surface area contributed by atoms with E-state index in [2.05, 4.69) is 15.8 Å². The molecule has 0 bridgehead atoms. The molecule has 0 atom stereocenters. The lowest BCUT2D eigenvalue weighted by Crippen LogP contribution is -2.21. The van der Waals surface area contributed by atoms with E-state index in [1.54, 1.807) is 24.3 Å². The quantitative estimate of drug-likeness (QED) is 0.599. The molecular weight excluding hydrogens is 290 g/mol. The highest BCUT2D eigenvalue weighted by Crippen LogP contribution is 2.20. The van der Waals surface area contributed by atoms with Gasteiger partial charge in [-0.2, -0.15) is 5.10 Å². The summed E-state index contributed by atoms with van der Waals surface area (Å²) in [5, 5.41) is 7.14. The Kier molecular flexibility index (Phi) is 7.46. The van der Waals surface area contributed by atoms with Gasteiger partial charge in [0.05, 0.1) is 10.7 Å². The number of rotatable bonds is 7. The van der Waals surface area contributed by atoms with Crippen LogP contribution in [0.4, 0.5) is 5.69 Å². The summed E-state index contributed by atoms with van der Waals surface area (Å²) in [5.74, 6) is -0.530. The number of nitrogens with zero attached hydrogens (tertiary/aromatic N) is 1. The predicted octanol–water partition coefficient (Wildman–Crippen LogP) is 3.35. The van der Waals surface area contributed by atoms with Gasteiger partial charge >= 0.3 is 0 Å². The lowest BCUT2D eigenvalue weighted by Gasteiger charge is -2.06. The number of carbonyl (C=O) groups is 2. The van der Waals surface area contributed by atoms with Crippen LogP contribution in [0.5, 0.6) is 0 Å². The Morgan fingerprint density at radius 3 is 2.33 bits per heavy atom. The zero-order valence-electron chi connectivity index (χ0n) is 12.3. The van der Waals surface area contributed by atoms with E-state index in [1.165, 1.54) is 0 Å². The van der Waals surface area contributed by atoms with Gasteiger partial charge in [-0.05, 0) is 25.0 Å². The summed E-state index contributed by atoms with van der Waals surface area (Å²) < 4.78 is 0. The molecule has 0 spiro atoms. The standard InChI is InChI=1S/C15H20ClN3O2/c1-3-11(4-2)18-19-15(21)10-9-14(20)17-13-8-6-5-7-12(13)16/h5-8H,3-4,9-10H2,1-2H3,(H,17,20)(H,19,21). The minimum Gasteiger partial charge on any atom is -0.325 e. The fourth-order valence-corrected chi connectivity index (χ4v) is 1.79. The van der Waals surface area contributed by atoms with Crippen LogP contribution in [0.15, 0.2) is 29.4 Å². The van der Waals surface area contributed by atoms with E-state index < -0.39 is 0 Å². The van der Waals surface area contributed by atoms with E-state index in [9.17, 15) is 9.59 Å². The van der Waals surface area contributed by atoms with Crippen molar-refractivity contribution in [2.75, 3.05) is 5.32 Å². The van der Waals surface area contributed by atoms with E-state index in [0.717, 1.165) is 18.6 Å². The summed E-state index contributed by atoms with van der Waals surface area (Å²) in [6.07, 6.45) is 1.76. The number of benzene rings is 1. The topological polar surface area (TPSA) is 70.6 Å². The van der Waals surface area contributed by atoms with Crippen LogP contribution in [-0.2, 0) is 9.59 Å². The first kappa shape index (κ1) is 17.2. The van der Waals surface area contributed by atoms with Gasteiger partial charge in [0.25, 0.3) is 0 Å². The van der Waals surface area contributed by atoms with Gasteiger partial charge in [0.2, 0.25) is 11.8 Å². The van der Waals surface area contributed by atoms with E-state index in [0.29, 0.717) is 10.7 Å². The second-order valence-corrected chi connectivity index (χ2v) is 4.86. The Morgan fingerprint density at radius 1 is 1.10 bits per heavy atom. The van der Waals surface area contributed by atoms with Crippen LogP contribution in [0, 0.1) is 0 Å². The van der Waals surface area contributed by atoms with Crippen LogP contribution < -0.4 is 10.7 Å². The van der Waals surface area contributed by atoms with Crippen LogP contribution in [-0.4, -0.2) is 17.5 Å². The minimum absolute atomic E-state index is 0.0835. The molecule has 0 aromatic heterocycles. The molecule has 0 heterocycles. The molecular formula is C15H20ClN3O2. The molecule has 0 aliphatic heterocycles. The van der Waals surface area contributed by atoms with Crippen molar-refractivity contribution in [3.05, 3.63) is 29.3 Å². The van der Waals surface area contributed by atoms with Crippen LogP contribution in [0.25, 0.3) is 0 Å². The van der Waals surface area contributed by atoms with Crippen molar-refractivity contribution in [2.24, 2.45) is 5.10 Å². The summed E-state index contributed by atoms with van der Waals surface area (Å²) in [7, 11) is 0. The Labute approximate surface area is 129 Å². The minimum atomic E-state index is -0.274. The maximum Gasteiger partial charge on any atom is 0.240 e. The summed E-state index contributed by atoms with van der Waals surface area (Å²) in [4.78, 5) is 23.3. The third-order valence-electron chi connectivity index (χ3n) is 2.88. The lowest BCUT2D eigenvalue weighted by molar-refractivity contribution is -0.124. The van der Waals surface area contributed by atoms with Crippen molar-refractivity contribution in [2.45, 2.75) is 39.5 Å². The Hall–Kier alpha value is -1.88. The highest BCUT2D eigenvalue weighted by molar-refractivity contribution is 6.33. The molecule has 5 nitrogen and oxygen atoms in total. The molecule has 0 aliphatic rings. The van der Waals surface area contributed by atoms with Gasteiger partial charge in [-0.25, -0.2) is 5.43 Å². The highest BCUT2D eigenvalue weighted by atomic mass is 35.5. The van der Waals surface area contributed by atoms with E-state index in [-0.39, 0.29) is 24.7 Å². The van der Waals surface area contributed by atoms with Gasteiger partial charge in [-0.15, -0.1) is 0 Å². The number of carbonyl (C=O) groups excluding carboxylic acids is 2. The summed E-state index contributed by atoms with van der Waals surface area (Å²) in [6.45, 7) is 3.96. The second-order valence-electron chi connectivity index (χ2n) is 4.45. The zero-order valence-corrected chi connectivity index (χ0v) is 13.0. The SMILES string of the molecule is CCC(CC)=NNC(=O)CCC(=O)Nc1ccccc1Cl. The number of amides is 2. The Bertz CT molecular complexity index is 523. The predicted molar refractivity (Wildman–Crippen MR) is 85.5 cm³/mol. The number of anilines is 1. The number of hydrazone groups is 1. The second kappa shape index (κ2) is 9.13. The third-order valence-corrected chi connectivity index (χ3v) is 3.21. The fraction of sp³-hybridized carbons (Fsp3) is 0.400. The number of para-hydroxylation sites is 1. The smallest absolute Gasteiger partial charge is 0.240 e. The molecule has 0 saturated heterocycles. The molecule has 0 unspecified atom stereocenters. The van der Waals surface area contributed by atoms with Gasteiger partial charge in [0, 0.05) is 18.6 Å². The van der Waals surface area contributed by atoms with Crippen LogP contribution >= 0.6 is 11.6 Å².